The number of thioether (sulfide) groups is 1. The number of halogens is 1. The Balaban J connectivity index is 2.40. The molecule has 1 saturated heterocycles. The van der Waals surface area contributed by atoms with Gasteiger partial charge in [0.25, 0.3) is 0 Å². The van der Waals surface area contributed by atoms with Gasteiger partial charge in [0.05, 0.1) is 10.7 Å². The van der Waals surface area contributed by atoms with Gasteiger partial charge in [-0.1, -0.05) is 18.5 Å². The van der Waals surface area contributed by atoms with Crippen LogP contribution in [0.15, 0.2) is 18.2 Å². The Bertz CT molecular complexity index is 649. The largest absolute Gasteiger partial charge is 0.384 e. The van der Waals surface area contributed by atoms with Crippen LogP contribution in [0.25, 0.3) is 0 Å². The maximum atomic E-state index is 12.3. The van der Waals surface area contributed by atoms with Gasteiger partial charge in [-0.3, -0.25) is 5.41 Å². The molecule has 0 bridgehead atoms. The second-order valence-electron chi connectivity index (χ2n) is 4.75. The molecule has 5 nitrogen and oxygen atoms in total. The lowest BCUT2D eigenvalue weighted by Crippen LogP contribution is -2.48. The number of hydrogen-bond donors (Lipinski definition) is 2. The van der Waals surface area contributed by atoms with Crippen molar-refractivity contribution in [2.75, 3.05) is 28.7 Å². The zero-order chi connectivity index (χ0) is 15.6. The van der Waals surface area contributed by atoms with E-state index >= 15 is 0 Å². The van der Waals surface area contributed by atoms with Crippen molar-refractivity contribution < 1.29 is 8.42 Å². The van der Waals surface area contributed by atoms with Crippen LogP contribution in [-0.2, 0) is 9.84 Å². The molecule has 0 aromatic heterocycles. The topological polar surface area (TPSA) is 87.2 Å². The van der Waals surface area contributed by atoms with Gasteiger partial charge in [0.2, 0.25) is 0 Å². The molecule has 0 radical (unpaired) electrons. The van der Waals surface area contributed by atoms with Crippen LogP contribution < -0.4 is 10.6 Å². The summed E-state index contributed by atoms with van der Waals surface area (Å²) >= 11 is 7.91. The van der Waals surface area contributed by atoms with E-state index in [1.807, 2.05) is 4.90 Å². The van der Waals surface area contributed by atoms with Gasteiger partial charge in [-0.15, -0.1) is 0 Å². The van der Waals surface area contributed by atoms with Crippen LogP contribution in [0.2, 0.25) is 5.02 Å². The minimum Gasteiger partial charge on any atom is -0.384 e. The van der Waals surface area contributed by atoms with Gasteiger partial charge in [0.15, 0.2) is 9.84 Å². The molecule has 3 N–H and O–H groups in total. The van der Waals surface area contributed by atoms with Crippen molar-refractivity contribution in [3.8, 4) is 0 Å². The first-order valence-electron chi connectivity index (χ1n) is 6.56. The number of nitrogens with one attached hydrogen (secondary N) is 1. The number of hydrogen-bond acceptors (Lipinski definition) is 5. The molecule has 0 aliphatic carbocycles. The van der Waals surface area contributed by atoms with Gasteiger partial charge in [-0.2, -0.15) is 11.8 Å². The van der Waals surface area contributed by atoms with E-state index in [-0.39, 0.29) is 11.6 Å². The molecule has 1 atom stereocenters. The number of benzene rings is 1. The van der Waals surface area contributed by atoms with Crippen molar-refractivity contribution in [1.82, 2.24) is 0 Å². The van der Waals surface area contributed by atoms with Crippen molar-refractivity contribution in [3.63, 3.8) is 0 Å². The highest BCUT2D eigenvalue weighted by atomic mass is 35.5. The number of nitrogen functional groups attached to an aromatic ring is 1. The Morgan fingerprint density at radius 3 is 2.86 bits per heavy atom. The molecule has 1 heterocycles. The van der Waals surface area contributed by atoms with E-state index in [2.05, 4.69) is 0 Å². The molecule has 21 heavy (non-hydrogen) atoms. The molecule has 0 amide bonds. The Morgan fingerprint density at radius 1 is 1.57 bits per heavy atom. The van der Waals surface area contributed by atoms with Crippen LogP contribution in [0.1, 0.15) is 12.5 Å². The fourth-order valence-corrected chi connectivity index (χ4v) is 5.53. The average molecular weight is 348 g/mol. The van der Waals surface area contributed by atoms with Crippen LogP contribution in [0.4, 0.5) is 5.69 Å². The standard InChI is InChI=1S/C13H18ClN3O2S2/c1-2-21(18,19)12-8-20-6-5-17(12)11-4-3-9(13(15)16)7-10(11)14/h3-4,7,12H,2,5-6,8H2,1H3,(H3,15,16). The second-order valence-corrected chi connectivity index (χ2v) is 8.76. The van der Waals surface area contributed by atoms with E-state index in [0.29, 0.717) is 28.6 Å². The second kappa shape index (κ2) is 6.46. The summed E-state index contributed by atoms with van der Waals surface area (Å²) < 4.78 is 24.5. The van der Waals surface area contributed by atoms with Gasteiger partial charge in [-0.25, -0.2) is 8.42 Å². The predicted octanol–water partition coefficient (Wildman–Crippen LogP) is 1.94. The molecule has 0 saturated carbocycles. The molecule has 1 aromatic carbocycles. The van der Waals surface area contributed by atoms with Crippen LogP contribution in [0.3, 0.4) is 0 Å². The third-order valence-electron chi connectivity index (χ3n) is 3.47. The van der Waals surface area contributed by atoms with Crippen molar-refractivity contribution in [3.05, 3.63) is 28.8 Å². The highest BCUT2D eigenvalue weighted by Crippen LogP contribution is 2.33. The van der Waals surface area contributed by atoms with E-state index in [1.165, 1.54) is 0 Å². The molecule has 116 valence electrons. The van der Waals surface area contributed by atoms with Crippen molar-refractivity contribution in [2.45, 2.75) is 12.3 Å². The lowest BCUT2D eigenvalue weighted by molar-refractivity contribution is 0.579. The van der Waals surface area contributed by atoms with E-state index < -0.39 is 15.2 Å². The normalized spacial score (nSPS) is 19.5. The summed E-state index contributed by atoms with van der Waals surface area (Å²) in [6, 6.07) is 5.05. The van der Waals surface area contributed by atoms with Crippen LogP contribution in [-0.4, -0.2) is 43.4 Å². The summed E-state index contributed by atoms with van der Waals surface area (Å²) in [6.07, 6.45) is 0. The molecule has 1 aliphatic rings. The Labute approximate surface area is 134 Å². The third-order valence-corrected chi connectivity index (χ3v) is 7.06. The summed E-state index contributed by atoms with van der Waals surface area (Å²) in [5.74, 6) is 1.45. The Morgan fingerprint density at radius 2 is 2.29 bits per heavy atom. The number of sulfone groups is 1. The first-order valence-corrected chi connectivity index (χ1v) is 9.81. The van der Waals surface area contributed by atoms with Gasteiger partial charge in [0, 0.05) is 29.4 Å². The molecule has 1 unspecified atom stereocenters. The van der Waals surface area contributed by atoms with Gasteiger partial charge < -0.3 is 10.6 Å². The first kappa shape index (κ1) is 16.5. The number of nitrogens with two attached hydrogens (primary N) is 1. The van der Waals surface area contributed by atoms with Gasteiger partial charge in [-0.05, 0) is 18.2 Å². The minimum absolute atomic E-state index is 0.0598. The van der Waals surface area contributed by atoms with Gasteiger partial charge >= 0.3 is 0 Å². The average Bonchev–Trinajstić information content (AvgIpc) is 2.47. The number of anilines is 1. The molecule has 8 heteroatoms. The first-order chi connectivity index (χ1) is 9.86. The quantitative estimate of drug-likeness (QED) is 0.642. The van der Waals surface area contributed by atoms with Crippen LogP contribution in [0, 0.1) is 5.41 Å². The molecule has 1 fully saturated rings. The third kappa shape index (κ3) is 3.46. The number of rotatable bonds is 4. The van der Waals surface area contributed by atoms with Crippen molar-refractivity contribution in [2.24, 2.45) is 5.73 Å². The van der Waals surface area contributed by atoms with E-state index in [0.717, 1.165) is 5.75 Å². The Kier molecular flexibility index (Phi) is 5.06. The van der Waals surface area contributed by atoms with E-state index in [4.69, 9.17) is 22.7 Å². The van der Waals surface area contributed by atoms with E-state index in [9.17, 15) is 8.42 Å². The molecular weight excluding hydrogens is 330 g/mol. The zero-order valence-corrected chi connectivity index (χ0v) is 14.1. The maximum Gasteiger partial charge on any atom is 0.171 e. The predicted molar refractivity (Wildman–Crippen MR) is 90.4 cm³/mol. The van der Waals surface area contributed by atoms with Crippen molar-refractivity contribution >= 4 is 44.7 Å². The summed E-state index contributed by atoms with van der Waals surface area (Å²) in [6.45, 7) is 2.29. The lowest BCUT2D eigenvalue weighted by Gasteiger charge is -2.37. The van der Waals surface area contributed by atoms with Crippen LogP contribution in [0.5, 0.6) is 0 Å². The smallest absolute Gasteiger partial charge is 0.171 e. The molecular formula is C13H18ClN3O2S2. The summed E-state index contributed by atoms with van der Waals surface area (Å²) in [4.78, 5) is 1.85. The highest BCUT2D eigenvalue weighted by Gasteiger charge is 2.33. The summed E-state index contributed by atoms with van der Waals surface area (Å²) in [5, 5.41) is 7.29. The minimum atomic E-state index is -3.18. The lowest BCUT2D eigenvalue weighted by atomic mass is 10.2. The zero-order valence-electron chi connectivity index (χ0n) is 11.7. The number of amidine groups is 1. The van der Waals surface area contributed by atoms with Crippen molar-refractivity contribution in [1.29, 1.82) is 5.41 Å². The molecule has 1 aliphatic heterocycles. The number of nitrogens with zero attached hydrogens (tertiary/aromatic N) is 1. The monoisotopic (exact) mass is 347 g/mol. The molecule has 1 aromatic rings. The van der Waals surface area contributed by atoms with Crippen LogP contribution >= 0.6 is 23.4 Å². The Hall–Kier alpha value is -0.920. The highest BCUT2D eigenvalue weighted by molar-refractivity contribution is 8.01. The maximum absolute atomic E-state index is 12.3. The van der Waals surface area contributed by atoms with Gasteiger partial charge in [0.1, 0.15) is 11.2 Å². The molecule has 2 rings (SSSR count). The fourth-order valence-electron chi connectivity index (χ4n) is 2.25. The summed E-state index contributed by atoms with van der Waals surface area (Å²) in [5.41, 5.74) is 6.66. The molecule has 0 spiro atoms. The fraction of sp³-hybridized carbons (Fsp3) is 0.462. The SMILES string of the molecule is CCS(=O)(=O)C1CSCCN1c1ccc(C(=N)N)cc1Cl. The van der Waals surface area contributed by atoms with E-state index in [1.54, 1.807) is 36.9 Å². The summed E-state index contributed by atoms with van der Waals surface area (Å²) in [7, 11) is -3.18.